The van der Waals surface area contributed by atoms with Crippen molar-refractivity contribution in [2.45, 2.75) is 163 Å². The smallest absolute Gasteiger partial charge is 0.410 e. The first kappa shape index (κ1) is 50.8. The number of nitrogens with one attached hydrogen (secondary N) is 5. The first-order chi connectivity index (χ1) is 33.5. The highest BCUT2D eigenvalue weighted by Crippen LogP contribution is 2.45. The lowest BCUT2D eigenvalue weighted by atomic mass is 9.83. The van der Waals surface area contributed by atoms with E-state index in [0.29, 0.717) is 42.6 Å². The third-order valence-corrected chi connectivity index (χ3v) is 16.9. The molecule has 0 aromatic heterocycles. The van der Waals surface area contributed by atoms with E-state index in [0.717, 1.165) is 70.9 Å². The Kier molecular flexibility index (Phi) is 15.6. The number of carbonyl (C=O) groups is 6. The van der Waals surface area contributed by atoms with E-state index < -0.39 is 86.8 Å². The summed E-state index contributed by atoms with van der Waals surface area (Å²) in [5.74, 6) is -4.44. The maximum absolute atomic E-state index is 15.2. The quantitative estimate of drug-likeness (QED) is 0.222. The third-order valence-electron chi connectivity index (χ3n) is 15.5. The average molecular weight is 989 g/mol. The van der Waals surface area contributed by atoms with Gasteiger partial charge in [-0.3, -0.25) is 33.8 Å². The summed E-state index contributed by atoms with van der Waals surface area (Å²) >= 11 is 0. The van der Waals surface area contributed by atoms with Crippen LogP contribution in [0.25, 0.3) is 0 Å². The van der Waals surface area contributed by atoms with E-state index >= 15 is 4.79 Å². The van der Waals surface area contributed by atoms with E-state index in [1.807, 2.05) is 13.8 Å². The summed E-state index contributed by atoms with van der Waals surface area (Å²) in [7, 11) is -4.46. The van der Waals surface area contributed by atoms with Gasteiger partial charge in [0.25, 0.3) is 15.9 Å². The molecule has 6 atom stereocenters. The largest absolute Gasteiger partial charge is 0.444 e. The number of sulfonamides is 1. The molecule has 2 aromatic rings. The van der Waals surface area contributed by atoms with Crippen LogP contribution in [0.1, 0.15) is 121 Å². The summed E-state index contributed by atoms with van der Waals surface area (Å²) < 4.78 is 50.7. The molecule has 70 heavy (non-hydrogen) atoms. The van der Waals surface area contributed by atoms with Crippen LogP contribution in [0.4, 0.5) is 14.9 Å². The number of amides is 6. The van der Waals surface area contributed by atoms with E-state index in [2.05, 4.69) is 37.5 Å². The molecular weight excluding hydrogens is 920 g/mol. The fraction of sp³-hybridized carbons (Fsp3) is 0.608. The van der Waals surface area contributed by atoms with Crippen LogP contribution in [0.3, 0.4) is 0 Å². The Bertz CT molecular complexity index is 2440. The standard InChI is InChI=1S/C51H69FN8O9S/c1-4-35-29-51(35)48(65)57-70(67,68)42-24-13-12-22-39(42)53-25-14-7-5-6-11-23-40(54-45(62)43(33-18-9-8-10-19-33)55-47(64)50(2,3)59-26-15-16-27-59)46(63)60-31-36(28-41(60)44(61)56-51)69-49(66)58-30-34-20-17-21-38(52)37(34)32-58/h4,12-13,17,20-22,24,33,35-36,40-41,43,53H,1,5-11,14-16,18-19,23,25-32H2,2-3H3,(H,54,62)(H,55,64)(H,56,61)(H,57,65)/t35-,36-,40+,41+,43+,51-/m1/s1. The molecule has 2 saturated carbocycles. The Balaban J connectivity index is 1.09. The summed E-state index contributed by atoms with van der Waals surface area (Å²) in [6.07, 6.45) is 9.33. The SMILES string of the molecule is C=C[C@@H]1C[C@@]12NC(=O)[C@@H]1C[C@@H](OC(=O)N3Cc4cccc(F)c4C3)CN1C(=O)[C@@H](NC(=O)[C@@H](NC(=O)C(C)(C)N1CCCC1)C1CCCCC1)CCCCCCCNc1ccccc1S(=O)(=O)NC2=O. The van der Waals surface area contributed by atoms with Crippen LogP contribution in [0, 0.1) is 17.7 Å². The minimum Gasteiger partial charge on any atom is -0.444 e. The molecule has 5 N–H and O–H groups in total. The summed E-state index contributed by atoms with van der Waals surface area (Å²) in [6.45, 7) is 9.36. The molecule has 2 aliphatic carbocycles. The summed E-state index contributed by atoms with van der Waals surface area (Å²) in [6, 6.07) is 7.44. The number of rotatable bonds is 8. The molecule has 2 saturated heterocycles. The molecule has 380 valence electrons. The van der Waals surface area contributed by atoms with Crippen LogP contribution >= 0.6 is 0 Å². The van der Waals surface area contributed by atoms with Crippen molar-refractivity contribution >= 4 is 51.3 Å². The lowest BCUT2D eigenvalue weighted by Crippen LogP contribution is -2.62. The second-order valence-corrected chi connectivity index (χ2v) is 22.2. The number of para-hydroxylation sites is 1. The van der Waals surface area contributed by atoms with E-state index in [4.69, 9.17) is 4.74 Å². The van der Waals surface area contributed by atoms with Crippen molar-refractivity contribution in [3.8, 4) is 0 Å². The van der Waals surface area contributed by atoms with Crippen molar-refractivity contribution in [1.29, 1.82) is 0 Å². The number of anilines is 1. The third kappa shape index (κ3) is 11.0. The zero-order chi connectivity index (χ0) is 49.8. The Morgan fingerprint density at radius 2 is 1.61 bits per heavy atom. The fourth-order valence-electron chi connectivity index (χ4n) is 11.1. The van der Waals surface area contributed by atoms with Crippen molar-refractivity contribution in [3.05, 3.63) is 72.1 Å². The second kappa shape index (κ2) is 21.4. The lowest BCUT2D eigenvalue weighted by molar-refractivity contribution is -0.143. The molecule has 19 heteroatoms. The van der Waals surface area contributed by atoms with Gasteiger partial charge in [0.2, 0.25) is 23.6 Å². The Morgan fingerprint density at radius 1 is 0.914 bits per heavy atom. The highest BCUT2D eigenvalue weighted by molar-refractivity contribution is 7.90. The normalized spacial score (nSPS) is 27.4. The maximum Gasteiger partial charge on any atom is 0.410 e. The number of nitrogens with zero attached hydrogens (tertiary/aromatic N) is 3. The van der Waals surface area contributed by atoms with Gasteiger partial charge in [-0.05, 0) is 102 Å². The molecule has 6 aliphatic rings. The number of hydrogen-bond donors (Lipinski definition) is 5. The van der Waals surface area contributed by atoms with Crippen LogP contribution in [-0.2, 0) is 51.8 Å². The highest BCUT2D eigenvalue weighted by Gasteiger charge is 2.62. The molecular formula is C51H69FN8O9S. The average Bonchev–Trinajstić information content (AvgIpc) is 3.79. The summed E-state index contributed by atoms with van der Waals surface area (Å²) in [5, 5.41) is 12.2. The van der Waals surface area contributed by atoms with Crippen molar-refractivity contribution in [2.24, 2.45) is 11.8 Å². The molecule has 17 nitrogen and oxygen atoms in total. The zero-order valence-electron chi connectivity index (χ0n) is 40.4. The van der Waals surface area contributed by atoms with Gasteiger partial charge in [-0.1, -0.05) is 75.3 Å². The van der Waals surface area contributed by atoms with Crippen molar-refractivity contribution < 1.29 is 46.3 Å². The maximum atomic E-state index is 15.2. The molecule has 6 amide bonds. The minimum atomic E-state index is -4.46. The predicted octanol–water partition coefficient (Wildman–Crippen LogP) is 5.00. The number of benzene rings is 2. The van der Waals surface area contributed by atoms with Crippen LogP contribution in [0.2, 0.25) is 0 Å². The lowest BCUT2D eigenvalue weighted by Gasteiger charge is -2.38. The van der Waals surface area contributed by atoms with Crippen LogP contribution in [0.5, 0.6) is 0 Å². The number of likely N-dealkylation sites (tertiary alicyclic amines) is 1. The second-order valence-electron chi connectivity index (χ2n) is 20.6. The van der Waals surface area contributed by atoms with Gasteiger partial charge in [-0.2, -0.15) is 0 Å². The van der Waals surface area contributed by atoms with Gasteiger partial charge in [-0.25, -0.2) is 22.3 Å². The minimum absolute atomic E-state index is 0.0240. The molecule has 0 unspecified atom stereocenters. The Morgan fingerprint density at radius 3 is 2.34 bits per heavy atom. The predicted molar refractivity (Wildman–Crippen MR) is 258 cm³/mol. The van der Waals surface area contributed by atoms with E-state index in [-0.39, 0.29) is 55.6 Å². The van der Waals surface area contributed by atoms with E-state index in [1.165, 1.54) is 28.0 Å². The number of hydrogen-bond acceptors (Lipinski definition) is 11. The number of ether oxygens (including phenoxy) is 1. The molecule has 2 aromatic carbocycles. The van der Waals surface area contributed by atoms with Crippen molar-refractivity contribution in [3.63, 3.8) is 0 Å². The number of fused-ring (bicyclic) bond motifs is 3. The number of halogens is 1. The molecule has 8 rings (SSSR count). The van der Waals surface area contributed by atoms with E-state index in [9.17, 15) is 36.8 Å². The molecule has 4 aliphatic heterocycles. The van der Waals surface area contributed by atoms with Gasteiger partial charge >= 0.3 is 6.09 Å². The van der Waals surface area contributed by atoms with Crippen LogP contribution < -0.4 is 26.0 Å². The van der Waals surface area contributed by atoms with Gasteiger partial charge in [0.1, 0.15) is 40.5 Å². The molecule has 4 fully saturated rings. The number of carbonyl (C=O) groups excluding carboxylic acids is 6. The molecule has 1 spiro atoms. The van der Waals surface area contributed by atoms with Crippen molar-refractivity contribution in [1.82, 2.24) is 35.4 Å². The van der Waals surface area contributed by atoms with Gasteiger partial charge in [-0.15, -0.1) is 6.58 Å². The van der Waals surface area contributed by atoms with E-state index in [1.54, 1.807) is 30.3 Å². The Labute approximate surface area is 410 Å². The zero-order valence-corrected chi connectivity index (χ0v) is 41.3. The monoisotopic (exact) mass is 988 g/mol. The van der Waals surface area contributed by atoms with Gasteiger partial charge in [0.15, 0.2) is 0 Å². The summed E-state index contributed by atoms with van der Waals surface area (Å²) in [5.41, 5.74) is -1.31. The Hall–Kier alpha value is -5.56. The summed E-state index contributed by atoms with van der Waals surface area (Å²) in [4.78, 5) is 91.5. The van der Waals surface area contributed by atoms with Crippen LogP contribution in [0.15, 0.2) is 60.0 Å². The first-order valence-electron chi connectivity index (χ1n) is 25.3. The molecule has 4 heterocycles. The van der Waals surface area contributed by atoms with Gasteiger partial charge < -0.3 is 30.9 Å². The molecule has 0 radical (unpaired) electrons. The fourth-order valence-corrected chi connectivity index (χ4v) is 12.3. The first-order valence-corrected chi connectivity index (χ1v) is 26.7. The van der Waals surface area contributed by atoms with Crippen LogP contribution in [-0.4, -0.2) is 120 Å². The van der Waals surface area contributed by atoms with Crippen molar-refractivity contribution in [2.75, 3.05) is 31.5 Å². The molecule has 0 bridgehead atoms. The topological polar surface area (TPSA) is 216 Å². The highest BCUT2D eigenvalue weighted by atomic mass is 32.2. The van der Waals surface area contributed by atoms with Gasteiger partial charge in [0.05, 0.1) is 24.3 Å². The van der Waals surface area contributed by atoms with Gasteiger partial charge in [0, 0.05) is 31.0 Å².